The Labute approximate surface area is 81.8 Å². The fourth-order valence-corrected chi connectivity index (χ4v) is 1.13. The lowest BCUT2D eigenvalue weighted by molar-refractivity contribution is -0.145. The number of hydrogen-bond acceptors (Lipinski definition) is 5. The highest BCUT2D eigenvalue weighted by Gasteiger charge is 2.15. The van der Waals surface area contributed by atoms with Crippen LogP contribution in [-0.2, 0) is 16.1 Å². The lowest BCUT2D eigenvalue weighted by Crippen LogP contribution is -2.36. The summed E-state index contributed by atoms with van der Waals surface area (Å²) in [6.07, 6.45) is 0.322. The van der Waals surface area contributed by atoms with Crippen molar-refractivity contribution in [2.75, 3.05) is 5.73 Å². The van der Waals surface area contributed by atoms with E-state index in [1.165, 1.54) is 0 Å². The van der Waals surface area contributed by atoms with Crippen LogP contribution in [0.4, 0.5) is 5.69 Å². The number of anilines is 1. The Balaban J connectivity index is 2.69. The first-order valence-electron chi connectivity index (χ1n) is 4.14. The standard InChI is InChI=1S/C9H13N3O2/c10-7-4-2-1-3-6(7)5-8(11)9(13)14-12/h1-4,8H,5,10-12H2. The molecule has 0 aromatic heterocycles. The van der Waals surface area contributed by atoms with Gasteiger partial charge in [-0.2, -0.15) is 5.90 Å². The minimum absolute atomic E-state index is 0.322. The van der Waals surface area contributed by atoms with Gasteiger partial charge in [-0.1, -0.05) is 18.2 Å². The first-order chi connectivity index (χ1) is 6.65. The number of carbonyl (C=O) groups is 1. The maximum atomic E-state index is 10.9. The van der Waals surface area contributed by atoms with Gasteiger partial charge in [-0.15, -0.1) is 0 Å². The highest BCUT2D eigenvalue weighted by molar-refractivity contribution is 5.75. The molecule has 76 valence electrons. The normalized spacial score (nSPS) is 12.1. The van der Waals surface area contributed by atoms with E-state index in [1.807, 2.05) is 12.1 Å². The van der Waals surface area contributed by atoms with Gasteiger partial charge in [0.05, 0.1) is 0 Å². The first-order valence-corrected chi connectivity index (χ1v) is 4.14. The molecule has 0 amide bonds. The van der Waals surface area contributed by atoms with Gasteiger partial charge in [-0.3, -0.25) is 0 Å². The van der Waals surface area contributed by atoms with E-state index in [0.29, 0.717) is 12.1 Å². The zero-order valence-electron chi connectivity index (χ0n) is 7.64. The molecule has 5 heteroatoms. The van der Waals surface area contributed by atoms with Gasteiger partial charge < -0.3 is 16.3 Å². The molecule has 1 rings (SSSR count). The van der Waals surface area contributed by atoms with Gasteiger partial charge in [0.1, 0.15) is 6.04 Å². The zero-order valence-corrected chi connectivity index (χ0v) is 7.64. The molecule has 0 aliphatic carbocycles. The van der Waals surface area contributed by atoms with Crippen molar-refractivity contribution in [2.45, 2.75) is 12.5 Å². The number of hydrogen-bond donors (Lipinski definition) is 3. The molecule has 1 aromatic carbocycles. The van der Waals surface area contributed by atoms with Crippen molar-refractivity contribution in [3.05, 3.63) is 29.8 Å². The fourth-order valence-electron chi connectivity index (χ4n) is 1.13. The van der Waals surface area contributed by atoms with Gasteiger partial charge in [0.25, 0.3) is 0 Å². The molecule has 1 unspecified atom stereocenters. The average Bonchev–Trinajstić information content (AvgIpc) is 2.20. The van der Waals surface area contributed by atoms with Crippen LogP contribution in [-0.4, -0.2) is 12.0 Å². The second-order valence-corrected chi connectivity index (χ2v) is 2.95. The van der Waals surface area contributed by atoms with E-state index in [0.717, 1.165) is 5.56 Å². The van der Waals surface area contributed by atoms with Gasteiger partial charge in [0.2, 0.25) is 0 Å². The van der Waals surface area contributed by atoms with Crippen molar-refractivity contribution in [1.29, 1.82) is 0 Å². The van der Waals surface area contributed by atoms with Crippen LogP contribution in [0.15, 0.2) is 24.3 Å². The molecule has 0 bridgehead atoms. The third-order valence-corrected chi connectivity index (χ3v) is 1.91. The Bertz CT molecular complexity index is 328. The Hall–Kier alpha value is -1.59. The summed E-state index contributed by atoms with van der Waals surface area (Å²) in [5, 5.41) is 0. The number of nitrogens with two attached hydrogens (primary N) is 3. The lowest BCUT2D eigenvalue weighted by Gasteiger charge is -2.09. The Morgan fingerprint density at radius 2 is 2.07 bits per heavy atom. The Kier molecular flexibility index (Phi) is 3.44. The maximum absolute atomic E-state index is 10.9. The number of carbonyl (C=O) groups excluding carboxylic acids is 1. The minimum atomic E-state index is -0.773. The molecular formula is C9H13N3O2. The predicted molar refractivity (Wildman–Crippen MR) is 52.8 cm³/mol. The predicted octanol–water partition coefficient (Wildman–Crippen LogP) is -0.444. The lowest BCUT2D eigenvalue weighted by atomic mass is 10.1. The smallest absolute Gasteiger partial charge is 0.341 e. The SMILES string of the molecule is NOC(=O)C(N)Cc1ccccc1N. The van der Waals surface area contributed by atoms with Crippen molar-refractivity contribution < 1.29 is 9.63 Å². The van der Waals surface area contributed by atoms with Gasteiger partial charge in [-0.05, 0) is 11.6 Å². The van der Waals surface area contributed by atoms with Crippen LogP contribution in [0, 0.1) is 0 Å². The third-order valence-electron chi connectivity index (χ3n) is 1.91. The van der Waals surface area contributed by atoms with E-state index in [9.17, 15) is 4.79 Å². The summed E-state index contributed by atoms with van der Waals surface area (Å²) in [5.41, 5.74) is 12.6. The summed E-state index contributed by atoms with van der Waals surface area (Å²) in [6.45, 7) is 0. The van der Waals surface area contributed by atoms with Gasteiger partial charge in [0.15, 0.2) is 0 Å². The summed E-state index contributed by atoms with van der Waals surface area (Å²) in [6, 6.07) is 6.41. The Morgan fingerprint density at radius 3 is 2.64 bits per heavy atom. The van der Waals surface area contributed by atoms with E-state index in [2.05, 4.69) is 4.84 Å². The molecule has 0 heterocycles. The summed E-state index contributed by atoms with van der Waals surface area (Å²) in [7, 11) is 0. The van der Waals surface area contributed by atoms with E-state index in [4.69, 9.17) is 17.4 Å². The van der Waals surface area contributed by atoms with Crippen LogP contribution in [0.25, 0.3) is 0 Å². The van der Waals surface area contributed by atoms with Gasteiger partial charge in [0, 0.05) is 12.1 Å². The largest absolute Gasteiger partial charge is 0.399 e. The van der Waals surface area contributed by atoms with Crippen LogP contribution in [0.3, 0.4) is 0 Å². The van der Waals surface area contributed by atoms with Crippen molar-refractivity contribution >= 4 is 11.7 Å². The third kappa shape index (κ3) is 2.45. The van der Waals surface area contributed by atoms with Crippen molar-refractivity contribution in [2.24, 2.45) is 11.6 Å². The van der Waals surface area contributed by atoms with Crippen LogP contribution >= 0.6 is 0 Å². The topological polar surface area (TPSA) is 104 Å². The fraction of sp³-hybridized carbons (Fsp3) is 0.222. The van der Waals surface area contributed by atoms with Crippen molar-refractivity contribution in [3.8, 4) is 0 Å². The molecule has 0 radical (unpaired) electrons. The monoisotopic (exact) mass is 195 g/mol. The van der Waals surface area contributed by atoms with Crippen molar-refractivity contribution in [3.63, 3.8) is 0 Å². The molecule has 0 fully saturated rings. The first kappa shape index (κ1) is 10.5. The molecule has 0 saturated heterocycles. The summed E-state index contributed by atoms with van der Waals surface area (Å²) >= 11 is 0. The van der Waals surface area contributed by atoms with E-state index in [1.54, 1.807) is 12.1 Å². The minimum Gasteiger partial charge on any atom is -0.399 e. The highest BCUT2D eigenvalue weighted by Crippen LogP contribution is 2.12. The second-order valence-electron chi connectivity index (χ2n) is 2.95. The molecule has 14 heavy (non-hydrogen) atoms. The average molecular weight is 195 g/mol. The summed E-state index contributed by atoms with van der Waals surface area (Å²) in [4.78, 5) is 14.9. The molecule has 0 aliphatic rings. The molecule has 5 nitrogen and oxygen atoms in total. The van der Waals surface area contributed by atoms with Gasteiger partial charge in [-0.25, -0.2) is 4.79 Å². The maximum Gasteiger partial charge on any atom is 0.341 e. The Morgan fingerprint density at radius 1 is 1.43 bits per heavy atom. The molecule has 0 aliphatic heterocycles. The molecule has 0 spiro atoms. The van der Waals surface area contributed by atoms with E-state index >= 15 is 0 Å². The molecule has 1 aromatic rings. The number of benzene rings is 1. The van der Waals surface area contributed by atoms with Gasteiger partial charge >= 0.3 is 5.97 Å². The zero-order chi connectivity index (χ0) is 10.6. The molecule has 6 N–H and O–H groups in total. The summed E-state index contributed by atoms with van der Waals surface area (Å²) in [5.74, 6) is 4.06. The van der Waals surface area contributed by atoms with E-state index < -0.39 is 12.0 Å². The highest BCUT2D eigenvalue weighted by atomic mass is 16.7. The quantitative estimate of drug-likeness (QED) is 0.448. The van der Waals surface area contributed by atoms with Crippen LogP contribution in [0.1, 0.15) is 5.56 Å². The van der Waals surface area contributed by atoms with Crippen LogP contribution in [0.2, 0.25) is 0 Å². The van der Waals surface area contributed by atoms with Crippen LogP contribution in [0.5, 0.6) is 0 Å². The molecule has 0 saturated carbocycles. The summed E-state index contributed by atoms with van der Waals surface area (Å²) < 4.78 is 0. The molecule has 1 atom stereocenters. The number of para-hydroxylation sites is 1. The van der Waals surface area contributed by atoms with E-state index in [-0.39, 0.29) is 0 Å². The molecular weight excluding hydrogens is 182 g/mol. The van der Waals surface area contributed by atoms with Crippen molar-refractivity contribution in [1.82, 2.24) is 0 Å². The van der Waals surface area contributed by atoms with Crippen LogP contribution < -0.4 is 17.4 Å². The number of nitrogen functional groups attached to an aromatic ring is 1. The second kappa shape index (κ2) is 4.59. The number of rotatable bonds is 3.